The highest BCUT2D eigenvalue weighted by Crippen LogP contribution is 2.28. The Morgan fingerprint density at radius 2 is 1.87 bits per heavy atom. The van der Waals surface area contributed by atoms with Gasteiger partial charge in [-0.2, -0.15) is 9.97 Å². The maximum Gasteiger partial charge on any atom is 0.320 e. The number of benzene rings is 1. The number of ether oxygens (including phenoxy) is 1. The molecule has 0 amide bonds. The van der Waals surface area contributed by atoms with Crippen molar-refractivity contribution in [1.82, 2.24) is 24.5 Å². The van der Waals surface area contributed by atoms with Gasteiger partial charge in [-0.05, 0) is 23.6 Å². The number of aliphatic hydroxyl groups excluding tert-OH is 1. The summed E-state index contributed by atoms with van der Waals surface area (Å²) >= 11 is 0. The zero-order valence-electron chi connectivity index (χ0n) is 16.4. The molecule has 3 N–H and O–H groups in total. The van der Waals surface area contributed by atoms with Gasteiger partial charge in [0.25, 0.3) is 0 Å². The van der Waals surface area contributed by atoms with Crippen LogP contribution in [0.3, 0.4) is 0 Å². The van der Waals surface area contributed by atoms with E-state index in [-0.39, 0.29) is 18.4 Å². The van der Waals surface area contributed by atoms with Crippen LogP contribution in [0.1, 0.15) is 24.5 Å². The van der Waals surface area contributed by atoms with E-state index >= 15 is 0 Å². The molecule has 0 unspecified atom stereocenters. The van der Waals surface area contributed by atoms with Crippen molar-refractivity contribution in [2.24, 2.45) is 0 Å². The molecule has 30 heavy (non-hydrogen) atoms. The average Bonchev–Trinajstić information content (AvgIpc) is 3.12. The van der Waals surface area contributed by atoms with Gasteiger partial charge in [-0.15, -0.1) is 0 Å². The monoisotopic (exact) mass is 408 g/mol. The number of anilines is 1. The number of nitrogens with zero attached hydrogens (tertiary/aromatic N) is 5. The molecule has 0 aliphatic carbocycles. The van der Waals surface area contributed by atoms with Crippen LogP contribution in [0.15, 0.2) is 42.7 Å². The fourth-order valence-corrected chi connectivity index (χ4v) is 3.10. The number of fused-ring (bicyclic) bond motifs is 1. The molecule has 0 spiro atoms. The van der Waals surface area contributed by atoms with E-state index in [2.05, 4.69) is 19.9 Å². The Morgan fingerprint density at radius 1 is 1.10 bits per heavy atom. The molecule has 0 atom stereocenters. The zero-order chi connectivity index (χ0) is 21.1. The molecule has 0 saturated heterocycles. The van der Waals surface area contributed by atoms with Crippen molar-refractivity contribution in [3.05, 3.63) is 59.7 Å². The first-order chi connectivity index (χ1) is 14.6. The third-order valence-electron chi connectivity index (χ3n) is 4.55. The summed E-state index contributed by atoms with van der Waals surface area (Å²) in [6, 6.07) is 9.03. The standard InChI is InChI=1S/C21H21FN6O2/c1-2-7-30-21-26-18(23)17-20(27-21)28(11-13-3-5-14(12-29)6-4-13)19(25-17)15-8-16(22)10-24-9-15/h3-6,8-10,29H,2,7,11-12H2,1H3,(H2,23,26,27). The summed E-state index contributed by atoms with van der Waals surface area (Å²) in [5.74, 6) is 0.187. The van der Waals surface area contributed by atoms with Gasteiger partial charge in [0.1, 0.15) is 11.6 Å². The molecule has 0 bridgehead atoms. The third-order valence-corrected chi connectivity index (χ3v) is 4.55. The number of aliphatic hydroxyl groups is 1. The second kappa shape index (κ2) is 8.42. The van der Waals surface area contributed by atoms with Crippen LogP contribution in [0.25, 0.3) is 22.6 Å². The smallest absolute Gasteiger partial charge is 0.320 e. The number of hydrogen-bond donors (Lipinski definition) is 2. The molecule has 0 aliphatic rings. The van der Waals surface area contributed by atoms with Gasteiger partial charge in [0, 0.05) is 11.8 Å². The highest BCUT2D eigenvalue weighted by atomic mass is 19.1. The van der Waals surface area contributed by atoms with Crippen LogP contribution in [0, 0.1) is 5.82 Å². The second-order valence-corrected chi connectivity index (χ2v) is 6.80. The van der Waals surface area contributed by atoms with Crippen molar-refractivity contribution in [3.63, 3.8) is 0 Å². The molecule has 0 aliphatic heterocycles. The molecule has 0 radical (unpaired) electrons. The lowest BCUT2D eigenvalue weighted by atomic mass is 10.1. The van der Waals surface area contributed by atoms with Crippen molar-refractivity contribution in [3.8, 4) is 17.4 Å². The maximum absolute atomic E-state index is 13.8. The minimum Gasteiger partial charge on any atom is -0.463 e. The molecule has 1 aromatic carbocycles. The molecule has 0 saturated carbocycles. The molecule has 4 aromatic rings. The molecule has 4 rings (SSSR count). The summed E-state index contributed by atoms with van der Waals surface area (Å²) in [5, 5.41) is 9.27. The summed E-state index contributed by atoms with van der Waals surface area (Å²) in [7, 11) is 0. The highest BCUT2D eigenvalue weighted by Gasteiger charge is 2.19. The van der Waals surface area contributed by atoms with Crippen molar-refractivity contribution in [1.29, 1.82) is 0 Å². The molecule has 154 valence electrons. The summed E-state index contributed by atoms with van der Waals surface area (Å²) in [5.41, 5.74) is 9.27. The number of halogens is 1. The Hall–Kier alpha value is -3.59. The molecule has 8 nitrogen and oxygen atoms in total. The first-order valence-corrected chi connectivity index (χ1v) is 9.55. The number of nitrogen functional groups attached to an aromatic ring is 1. The van der Waals surface area contributed by atoms with E-state index in [0.717, 1.165) is 23.7 Å². The number of hydrogen-bond acceptors (Lipinski definition) is 7. The predicted octanol–water partition coefficient (Wildman–Crippen LogP) is 2.94. The van der Waals surface area contributed by atoms with Crippen LogP contribution in [-0.4, -0.2) is 36.2 Å². The van der Waals surface area contributed by atoms with Crippen LogP contribution >= 0.6 is 0 Å². The summed E-state index contributed by atoms with van der Waals surface area (Å²) in [6.07, 6.45) is 3.47. The van der Waals surface area contributed by atoms with Gasteiger partial charge in [-0.25, -0.2) is 9.37 Å². The number of nitrogens with two attached hydrogens (primary N) is 1. The van der Waals surface area contributed by atoms with Crippen molar-refractivity contribution < 1.29 is 14.2 Å². The highest BCUT2D eigenvalue weighted by molar-refractivity contribution is 5.85. The van der Waals surface area contributed by atoms with Gasteiger partial charge < -0.3 is 20.1 Å². The topological polar surface area (TPSA) is 112 Å². The van der Waals surface area contributed by atoms with E-state index in [0.29, 0.717) is 35.7 Å². The molecule has 3 aromatic heterocycles. The SMILES string of the molecule is CCCOc1nc(N)c2nc(-c3cncc(F)c3)n(Cc3ccc(CO)cc3)c2n1. The lowest BCUT2D eigenvalue weighted by molar-refractivity contribution is 0.282. The van der Waals surface area contributed by atoms with Gasteiger partial charge in [0.15, 0.2) is 17.0 Å². The van der Waals surface area contributed by atoms with Crippen LogP contribution in [0.2, 0.25) is 0 Å². The second-order valence-electron chi connectivity index (χ2n) is 6.80. The molecular formula is C21H21FN6O2. The van der Waals surface area contributed by atoms with E-state index in [9.17, 15) is 9.50 Å². The fourth-order valence-electron chi connectivity index (χ4n) is 3.10. The lowest BCUT2D eigenvalue weighted by Gasteiger charge is -2.10. The average molecular weight is 408 g/mol. The third kappa shape index (κ3) is 3.92. The van der Waals surface area contributed by atoms with Gasteiger partial charge in [-0.3, -0.25) is 4.98 Å². The van der Waals surface area contributed by atoms with Crippen LogP contribution in [-0.2, 0) is 13.2 Å². The molecule has 3 heterocycles. The van der Waals surface area contributed by atoms with Gasteiger partial charge in [0.2, 0.25) is 0 Å². The lowest BCUT2D eigenvalue weighted by Crippen LogP contribution is -2.07. The fraction of sp³-hybridized carbons (Fsp3) is 0.238. The normalized spacial score (nSPS) is 11.2. The number of aromatic nitrogens is 5. The first kappa shape index (κ1) is 19.7. The van der Waals surface area contributed by atoms with Crippen molar-refractivity contribution in [2.75, 3.05) is 12.3 Å². The minimum atomic E-state index is -0.468. The van der Waals surface area contributed by atoms with Crippen LogP contribution < -0.4 is 10.5 Å². The first-order valence-electron chi connectivity index (χ1n) is 9.55. The van der Waals surface area contributed by atoms with Crippen molar-refractivity contribution >= 4 is 17.0 Å². The van der Waals surface area contributed by atoms with Gasteiger partial charge in [-0.1, -0.05) is 31.2 Å². The van der Waals surface area contributed by atoms with E-state index in [1.807, 2.05) is 35.8 Å². The number of pyridine rings is 1. The Balaban J connectivity index is 1.87. The largest absolute Gasteiger partial charge is 0.463 e. The van der Waals surface area contributed by atoms with E-state index in [4.69, 9.17) is 10.5 Å². The van der Waals surface area contributed by atoms with Crippen LogP contribution in [0.4, 0.5) is 10.2 Å². The zero-order valence-corrected chi connectivity index (χ0v) is 16.4. The van der Waals surface area contributed by atoms with Gasteiger partial charge >= 0.3 is 6.01 Å². The van der Waals surface area contributed by atoms with Gasteiger partial charge in [0.05, 0.1) is 26.0 Å². The van der Waals surface area contributed by atoms with E-state index < -0.39 is 5.82 Å². The molecule has 9 heteroatoms. The maximum atomic E-state index is 13.8. The molecular weight excluding hydrogens is 387 g/mol. The Labute approximate surface area is 172 Å². The van der Waals surface area contributed by atoms with E-state index in [1.54, 1.807) is 0 Å². The van der Waals surface area contributed by atoms with E-state index in [1.165, 1.54) is 12.3 Å². The summed E-state index contributed by atoms with van der Waals surface area (Å²) in [4.78, 5) is 17.2. The summed E-state index contributed by atoms with van der Waals surface area (Å²) < 4.78 is 21.2. The Morgan fingerprint density at radius 3 is 2.57 bits per heavy atom. The number of rotatable bonds is 7. The summed E-state index contributed by atoms with van der Waals surface area (Å²) in [6.45, 7) is 2.81. The van der Waals surface area contributed by atoms with Crippen LogP contribution in [0.5, 0.6) is 6.01 Å². The number of imidazole rings is 1. The van der Waals surface area contributed by atoms with Crippen molar-refractivity contribution in [2.45, 2.75) is 26.5 Å². The minimum absolute atomic E-state index is 0.0314. The molecule has 0 fully saturated rings. The predicted molar refractivity (Wildman–Crippen MR) is 110 cm³/mol. The Kier molecular flexibility index (Phi) is 5.53. The Bertz CT molecular complexity index is 1180. The quantitative estimate of drug-likeness (QED) is 0.483.